The smallest absolute Gasteiger partial charge is 0.239 e. The van der Waals surface area contributed by atoms with E-state index in [0.717, 1.165) is 25.2 Å². The molecular weight excluding hydrogens is 212 g/mol. The number of nitrogens with zero attached hydrogens (tertiary/aromatic N) is 3. The lowest BCUT2D eigenvalue weighted by Gasteiger charge is -2.22. The summed E-state index contributed by atoms with van der Waals surface area (Å²) in [6, 6.07) is 8.77. The highest BCUT2D eigenvalue weighted by Crippen LogP contribution is 2.28. The highest BCUT2D eigenvalue weighted by Gasteiger charge is 2.22. The SMILES string of the molecule is Cc1ccc(C2CCn3nc(N)nc3C2)cc1. The van der Waals surface area contributed by atoms with Gasteiger partial charge in [-0.1, -0.05) is 29.8 Å². The Hall–Kier alpha value is -1.84. The van der Waals surface area contributed by atoms with E-state index in [-0.39, 0.29) is 0 Å². The quantitative estimate of drug-likeness (QED) is 0.811. The van der Waals surface area contributed by atoms with Crippen LogP contribution in [0.15, 0.2) is 24.3 Å². The van der Waals surface area contributed by atoms with Crippen LogP contribution in [-0.4, -0.2) is 14.8 Å². The molecule has 0 radical (unpaired) electrons. The second-order valence-corrected chi connectivity index (χ2v) is 4.71. The minimum Gasteiger partial charge on any atom is -0.366 e. The van der Waals surface area contributed by atoms with Crippen LogP contribution in [0.25, 0.3) is 0 Å². The molecule has 1 aromatic heterocycles. The van der Waals surface area contributed by atoms with Crippen LogP contribution >= 0.6 is 0 Å². The number of aryl methyl sites for hydroxylation is 2. The second kappa shape index (κ2) is 3.87. The van der Waals surface area contributed by atoms with Crippen molar-refractivity contribution in [3.05, 3.63) is 41.2 Å². The zero-order valence-corrected chi connectivity index (χ0v) is 9.93. The fourth-order valence-electron chi connectivity index (χ4n) is 2.45. The predicted octanol–water partition coefficient (Wildman–Crippen LogP) is 1.90. The molecule has 1 aliphatic heterocycles. The number of anilines is 1. The summed E-state index contributed by atoms with van der Waals surface area (Å²) in [6.45, 7) is 3.03. The first kappa shape index (κ1) is 10.3. The van der Waals surface area contributed by atoms with Gasteiger partial charge in [0.2, 0.25) is 5.95 Å². The van der Waals surface area contributed by atoms with Gasteiger partial charge < -0.3 is 5.73 Å². The van der Waals surface area contributed by atoms with Gasteiger partial charge in [0.05, 0.1) is 0 Å². The zero-order valence-electron chi connectivity index (χ0n) is 9.93. The maximum absolute atomic E-state index is 5.62. The fraction of sp³-hybridized carbons (Fsp3) is 0.385. The Bertz CT molecular complexity index is 527. The molecule has 1 atom stereocenters. The molecule has 0 aliphatic carbocycles. The van der Waals surface area contributed by atoms with Crippen LogP contribution in [0.4, 0.5) is 5.95 Å². The molecule has 1 aliphatic rings. The number of benzene rings is 1. The van der Waals surface area contributed by atoms with Crippen molar-refractivity contribution in [1.82, 2.24) is 14.8 Å². The van der Waals surface area contributed by atoms with Gasteiger partial charge in [0.1, 0.15) is 5.82 Å². The normalized spacial score (nSPS) is 19.0. The van der Waals surface area contributed by atoms with Crippen LogP contribution in [0.1, 0.15) is 29.3 Å². The molecule has 3 rings (SSSR count). The van der Waals surface area contributed by atoms with E-state index >= 15 is 0 Å². The standard InChI is InChI=1S/C13H16N4/c1-9-2-4-10(5-3-9)11-6-7-17-12(8-11)15-13(14)16-17/h2-5,11H,6-8H2,1H3,(H2,14,16). The molecule has 0 fully saturated rings. The minimum absolute atomic E-state index is 0.393. The summed E-state index contributed by atoms with van der Waals surface area (Å²) in [4.78, 5) is 4.27. The summed E-state index contributed by atoms with van der Waals surface area (Å²) < 4.78 is 1.93. The third-order valence-electron chi connectivity index (χ3n) is 3.43. The Balaban J connectivity index is 1.86. The number of aromatic nitrogens is 3. The van der Waals surface area contributed by atoms with Crippen molar-refractivity contribution >= 4 is 5.95 Å². The maximum Gasteiger partial charge on any atom is 0.239 e. The van der Waals surface area contributed by atoms with Gasteiger partial charge in [-0.25, -0.2) is 4.68 Å². The van der Waals surface area contributed by atoms with E-state index < -0.39 is 0 Å². The molecule has 0 amide bonds. The zero-order chi connectivity index (χ0) is 11.8. The monoisotopic (exact) mass is 228 g/mol. The molecular formula is C13H16N4. The first-order valence-electron chi connectivity index (χ1n) is 5.98. The Morgan fingerprint density at radius 3 is 2.82 bits per heavy atom. The van der Waals surface area contributed by atoms with E-state index in [1.807, 2.05) is 4.68 Å². The van der Waals surface area contributed by atoms with Gasteiger partial charge in [-0.05, 0) is 24.8 Å². The topological polar surface area (TPSA) is 56.7 Å². The van der Waals surface area contributed by atoms with Gasteiger partial charge in [-0.3, -0.25) is 0 Å². The van der Waals surface area contributed by atoms with Crippen molar-refractivity contribution < 1.29 is 0 Å². The molecule has 0 spiro atoms. The molecule has 4 heteroatoms. The van der Waals surface area contributed by atoms with E-state index in [2.05, 4.69) is 41.3 Å². The van der Waals surface area contributed by atoms with Gasteiger partial charge >= 0.3 is 0 Å². The van der Waals surface area contributed by atoms with Gasteiger partial charge in [-0.2, -0.15) is 4.98 Å². The van der Waals surface area contributed by atoms with E-state index in [9.17, 15) is 0 Å². The lowest BCUT2D eigenvalue weighted by molar-refractivity contribution is 0.434. The number of hydrogen-bond acceptors (Lipinski definition) is 3. The Labute approximate surface area is 100 Å². The van der Waals surface area contributed by atoms with E-state index in [1.165, 1.54) is 11.1 Å². The van der Waals surface area contributed by atoms with E-state index in [1.54, 1.807) is 0 Å². The summed E-state index contributed by atoms with van der Waals surface area (Å²) in [6.07, 6.45) is 2.05. The molecule has 0 bridgehead atoms. The molecule has 0 saturated heterocycles. The lowest BCUT2D eigenvalue weighted by atomic mass is 9.90. The van der Waals surface area contributed by atoms with Crippen LogP contribution in [0.5, 0.6) is 0 Å². The Morgan fingerprint density at radius 1 is 1.29 bits per heavy atom. The first-order valence-corrected chi connectivity index (χ1v) is 5.98. The molecule has 4 nitrogen and oxygen atoms in total. The Morgan fingerprint density at radius 2 is 2.06 bits per heavy atom. The second-order valence-electron chi connectivity index (χ2n) is 4.71. The van der Waals surface area contributed by atoms with E-state index in [4.69, 9.17) is 5.73 Å². The largest absolute Gasteiger partial charge is 0.366 e. The average Bonchev–Trinajstić information content (AvgIpc) is 2.69. The van der Waals surface area contributed by atoms with Crippen molar-refractivity contribution in [3.8, 4) is 0 Å². The van der Waals surface area contributed by atoms with Crippen LogP contribution in [0.2, 0.25) is 0 Å². The van der Waals surface area contributed by atoms with Crippen LogP contribution in [0.3, 0.4) is 0 Å². The minimum atomic E-state index is 0.393. The highest BCUT2D eigenvalue weighted by molar-refractivity contribution is 5.26. The maximum atomic E-state index is 5.62. The summed E-state index contributed by atoms with van der Waals surface area (Å²) in [5.74, 6) is 1.95. The number of nitrogen functional groups attached to an aromatic ring is 1. The molecule has 2 heterocycles. The third kappa shape index (κ3) is 1.90. The van der Waals surface area contributed by atoms with Crippen molar-refractivity contribution in [1.29, 1.82) is 0 Å². The van der Waals surface area contributed by atoms with Crippen LogP contribution in [-0.2, 0) is 13.0 Å². The molecule has 1 aromatic carbocycles. The first-order chi connectivity index (χ1) is 8.22. The Kier molecular flexibility index (Phi) is 2.35. The fourth-order valence-corrected chi connectivity index (χ4v) is 2.45. The number of rotatable bonds is 1. The number of nitrogens with two attached hydrogens (primary N) is 1. The average molecular weight is 228 g/mol. The molecule has 17 heavy (non-hydrogen) atoms. The molecule has 88 valence electrons. The molecule has 0 saturated carbocycles. The number of fused-ring (bicyclic) bond motifs is 1. The van der Waals surface area contributed by atoms with Crippen LogP contribution in [0, 0.1) is 6.92 Å². The molecule has 2 aromatic rings. The summed E-state index contributed by atoms with van der Waals surface area (Å²) in [5.41, 5.74) is 8.31. The van der Waals surface area contributed by atoms with Gasteiger partial charge in [0, 0.05) is 13.0 Å². The lowest BCUT2D eigenvalue weighted by Crippen LogP contribution is -2.19. The van der Waals surface area contributed by atoms with Crippen molar-refractivity contribution in [2.24, 2.45) is 0 Å². The highest BCUT2D eigenvalue weighted by atomic mass is 15.4. The predicted molar refractivity (Wildman–Crippen MR) is 66.7 cm³/mol. The summed E-state index contributed by atoms with van der Waals surface area (Å²) >= 11 is 0. The van der Waals surface area contributed by atoms with E-state index in [0.29, 0.717) is 11.9 Å². The summed E-state index contributed by atoms with van der Waals surface area (Å²) in [5, 5.41) is 4.18. The summed E-state index contributed by atoms with van der Waals surface area (Å²) in [7, 11) is 0. The molecule has 1 unspecified atom stereocenters. The van der Waals surface area contributed by atoms with Crippen LogP contribution < -0.4 is 5.73 Å². The number of hydrogen-bond donors (Lipinski definition) is 1. The third-order valence-corrected chi connectivity index (χ3v) is 3.43. The van der Waals surface area contributed by atoms with Crippen molar-refractivity contribution in [3.63, 3.8) is 0 Å². The van der Waals surface area contributed by atoms with Gasteiger partial charge in [-0.15, -0.1) is 5.10 Å². The molecule has 2 N–H and O–H groups in total. The van der Waals surface area contributed by atoms with Crippen molar-refractivity contribution in [2.45, 2.75) is 32.2 Å². The van der Waals surface area contributed by atoms with Gasteiger partial charge in [0.25, 0.3) is 0 Å². The van der Waals surface area contributed by atoms with Gasteiger partial charge in [0.15, 0.2) is 0 Å². The van der Waals surface area contributed by atoms with Crippen molar-refractivity contribution in [2.75, 3.05) is 5.73 Å².